The molecule has 7 nitrogen and oxygen atoms in total. The number of nitrogens with one attached hydrogen (secondary N) is 1. The molecule has 2 aromatic rings. The molecule has 0 fully saturated rings. The molecule has 0 bridgehead atoms. The maximum absolute atomic E-state index is 12.9. The normalized spacial score (nSPS) is 14.0. The fraction of sp³-hybridized carbons (Fsp3) is 0.312. The third kappa shape index (κ3) is 4.58. The molecule has 1 amide bonds. The van der Waals surface area contributed by atoms with Crippen molar-refractivity contribution < 1.29 is 22.7 Å². The SMILES string of the molecule is Cc1ncc(NC(=O)[C@@](C)(O)CS(=O)(=O)c2ccc(F)cc2)nc1C. The number of aliphatic hydroxyl groups is 1. The molecule has 0 unspecified atom stereocenters. The van der Waals surface area contributed by atoms with Gasteiger partial charge in [-0.3, -0.25) is 9.78 Å². The summed E-state index contributed by atoms with van der Waals surface area (Å²) in [6.45, 7) is 4.53. The van der Waals surface area contributed by atoms with Crippen molar-refractivity contribution in [3.8, 4) is 0 Å². The van der Waals surface area contributed by atoms with E-state index in [2.05, 4.69) is 15.3 Å². The van der Waals surface area contributed by atoms with Gasteiger partial charge in [0.05, 0.1) is 28.2 Å². The van der Waals surface area contributed by atoms with Crippen LogP contribution in [0.15, 0.2) is 35.4 Å². The minimum Gasteiger partial charge on any atom is -0.379 e. The molecular formula is C16H18FN3O4S. The molecule has 2 rings (SSSR count). The van der Waals surface area contributed by atoms with Crippen molar-refractivity contribution in [2.24, 2.45) is 0 Å². The van der Waals surface area contributed by atoms with Crippen LogP contribution in [-0.4, -0.2) is 40.8 Å². The number of amides is 1. The van der Waals surface area contributed by atoms with E-state index in [0.717, 1.165) is 31.2 Å². The van der Waals surface area contributed by atoms with E-state index >= 15 is 0 Å². The summed E-state index contributed by atoms with van der Waals surface area (Å²) in [7, 11) is -4.00. The molecule has 0 saturated heterocycles. The Morgan fingerprint density at radius 1 is 1.24 bits per heavy atom. The second-order valence-corrected chi connectivity index (χ2v) is 7.86. The number of carbonyl (C=O) groups is 1. The van der Waals surface area contributed by atoms with Gasteiger partial charge in [-0.1, -0.05) is 0 Å². The number of nitrogens with zero attached hydrogens (tertiary/aromatic N) is 2. The van der Waals surface area contributed by atoms with Crippen molar-refractivity contribution in [1.82, 2.24) is 9.97 Å². The second-order valence-electron chi connectivity index (χ2n) is 5.87. The lowest BCUT2D eigenvalue weighted by Gasteiger charge is -2.22. The number of aromatic nitrogens is 2. The van der Waals surface area contributed by atoms with Crippen molar-refractivity contribution in [2.75, 3.05) is 11.1 Å². The Kier molecular flexibility index (Phi) is 5.19. The van der Waals surface area contributed by atoms with Crippen LogP contribution in [0.5, 0.6) is 0 Å². The van der Waals surface area contributed by atoms with Crippen LogP contribution in [0.2, 0.25) is 0 Å². The maximum atomic E-state index is 12.9. The van der Waals surface area contributed by atoms with Gasteiger partial charge in [-0.2, -0.15) is 0 Å². The number of halogens is 1. The summed E-state index contributed by atoms with van der Waals surface area (Å²) in [6, 6.07) is 4.14. The highest BCUT2D eigenvalue weighted by atomic mass is 32.2. The maximum Gasteiger partial charge on any atom is 0.258 e. The summed E-state index contributed by atoms with van der Waals surface area (Å²) in [6.07, 6.45) is 1.31. The number of aryl methyl sites for hydroxylation is 2. The summed E-state index contributed by atoms with van der Waals surface area (Å²) in [4.78, 5) is 20.2. The third-order valence-electron chi connectivity index (χ3n) is 3.57. The average Bonchev–Trinajstić information content (AvgIpc) is 2.50. The van der Waals surface area contributed by atoms with Crippen LogP contribution in [0.4, 0.5) is 10.2 Å². The first-order valence-electron chi connectivity index (χ1n) is 7.34. The summed E-state index contributed by atoms with van der Waals surface area (Å²) in [5.74, 6) is -2.28. The molecule has 0 saturated carbocycles. The van der Waals surface area contributed by atoms with Gasteiger partial charge in [0.25, 0.3) is 5.91 Å². The molecule has 1 atom stereocenters. The summed E-state index contributed by atoms with van der Waals surface area (Å²) in [5, 5.41) is 12.7. The molecule has 0 radical (unpaired) electrons. The van der Waals surface area contributed by atoms with Gasteiger partial charge in [0.2, 0.25) is 0 Å². The standard InChI is InChI=1S/C16H18FN3O4S/c1-10-11(2)19-14(8-18-10)20-15(21)16(3,22)9-25(23,24)13-6-4-12(17)5-7-13/h4-8,22H,9H2,1-3H3,(H,19,20,21)/t16-/m0/s1. The predicted octanol–water partition coefficient (Wildman–Crippen LogP) is 1.40. The van der Waals surface area contributed by atoms with Gasteiger partial charge in [0.1, 0.15) is 5.82 Å². The molecule has 1 aromatic carbocycles. The first-order chi connectivity index (χ1) is 11.5. The van der Waals surface area contributed by atoms with E-state index in [1.54, 1.807) is 13.8 Å². The van der Waals surface area contributed by atoms with Crippen LogP contribution >= 0.6 is 0 Å². The molecule has 1 aromatic heterocycles. The number of hydrogen-bond donors (Lipinski definition) is 2. The Bertz CT molecular complexity index is 896. The zero-order valence-electron chi connectivity index (χ0n) is 13.9. The number of sulfone groups is 1. The zero-order chi connectivity index (χ0) is 18.8. The van der Waals surface area contributed by atoms with Gasteiger partial charge in [-0.25, -0.2) is 17.8 Å². The van der Waals surface area contributed by atoms with E-state index in [9.17, 15) is 22.7 Å². The van der Waals surface area contributed by atoms with Gasteiger partial charge in [0.15, 0.2) is 21.3 Å². The van der Waals surface area contributed by atoms with Crippen molar-refractivity contribution in [3.05, 3.63) is 47.7 Å². The van der Waals surface area contributed by atoms with E-state index in [1.165, 1.54) is 6.20 Å². The molecule has 0 spiro atoms. The number of rotatable bonds is 5. The average molecular weight is 367 g/mol. The topological polar surface area (TPSA) is 109 Å². The highest BCUT2D eigenvalue weighted by Gasteiger charge is 2.37. The number of carbonyl (C=O) groups excluding carboxylic acids is 1. The lowest BCUT2D eigenvalue weighted by atomic mass is 10.1. The molecule has 2 N–H and O–H groups in total. The van der Waals surface area contributed by atoms with Crippen molar-refractivity contribution in [2.45, 2.75) is 31.3 Å². The van der Waals surface area contributed by atoms with E-state index in [4.69, 9.17) is 0 Å². The Hall–Kier alpha value is -2.39. The van der Waals surface area contributed by atoms with E-state index in [-0.39, 0.29) is 10.7 Å². The first kappa shape index (κ1) is 18.9. The molecule has 0 aliphatic heterocycles. The monoisotopic (exact) mass is 367 g/mol. The van der Waals surface area contributed by atoms with Crippen molar-refractivity contribution in [3.63, 3.8) is 0 Å². The summed E-state index contributed by atoms with van der Waals surface area (Å²) in [5.41, 5.74) is -0.937. The lowest BCUT2D eigenvalue weighted by molar-refractivity contribution is -0.130. The fourth-order valence-corrected chi connectivity index (χ4v) is 3.60. The number of anilines is 1. The highest BCUT2D eigenvalue weighted by Crippen LogP contribution is 2.19. The largest absolute Gasteiger partial charge is 0.379 e. The van der Waals surface area contributed by atoms with Gasteiger partial charge in [0, 0.05) is 0 Å². The molecule has 0 aliphatic rings. The van der Waals surface area contributed by atoms with Crippen LogP contribution in [0.25, 0.3) is 0 Å². The van der Waals surface area contributed by atoms with Crippen LogP contribution < -0.4 is 5.32 Å². The van der Waals surface area contributed by atoms with Crippen molar-refractivity contribution >= 4 is 21.6 Å². The van der Waals surface area contributed by atoms with Gasteiger partial charge < -0.3 is 10.4 Å². The molecular weight excluding hydrogens is 349 g/mol. The molecule has 134 valence electrons. The van der Waals surface area contributed by atoms with E-state index in [1.807, 2.05) is 0 Å². The van der Waals surface area contributed by atoms with Crippen LogP contribution in [0.1, 0.15) is 18.3 Å². The zero-order valence-corrected chi connectivity index (χ0v) is 14.8. The lowest BCUT2D eigenvalue weighted by Crippen LogP contribution is -2.46. The number of hydrogen-bond acceptors (Lipinski definition) is 6. The smallest absolute Gasteiger partial charge is 0.258 e. The Morgan fingerprint density at radius 3 is 2.40 bits per heavy atom. The molecule has 0 aliphatic carbocycles. The van der Waals surface area contributed by atoms with Gasteiger partial charge >= 0.3 is 0 Å². The second kappa shape index (κ2) is 6.85. The summed E-state index contributed by atoms with van der Waals surface area (Å²) >= 11 is 0. The Labute approximate surface area is 144 Å². The molecule has 25 heavy (non-hydrogen) atoms. The Balaban J connectivity index is 2.17. The van der Waals surface area contributed by atoms with Crippen molar-refractivity contribution in [1.29, 1.82) is 0 Å². The van der Waals surface area contributed by atoms with Gasteiger partial charge in [-0.15, -0.1) is 0 Å². The van der Waals surface area contributed by atoms with Crippen LogP contribution in [-0.2, 0) is 14.6 Å². The predicted molar refractivity (Wildman–Crippen MR) is 89.2 cm³/mol. The molecule has 9 heteroatoms. The van der Waals surface area contributed by atoms with E-state index < -0.39 is 32.9 Å². The fourth-order valence-electron chi connectivity index (χ4n) is 2.01. The van der Waals surface area contributed by atoms with E-state index in [0.29, 0.717) is 11.4 Å². The first-order valence-corrected chi connectivity index (χ1v) is 8.99. The van der Waals surface area contributed by atoms with Crippen LogP contribution in [0, 0.1) is 19.7 Å². The minimum atomic E-state index is -4.00. The van der Waals surface area contributed by atoms with Crippen LogP contribution in [0.3, 0.4) is 0 Å². The third-order valence-corrected chi connectivity index (χ3v) is 5.50. The minimum absolute atomic E-state index is 0.104. The summed E-state index contributed by atoms with van der Waals surface area (Å²) < 4.78 is 37.6. The Morgan fingerprint density at radius 2 is 1.84 bits per heavy atom. The van der Waals surface area contributed by atoms with Gasteiger partial charge in [-0.05, 0) is 45.0 Å². The molecule has 1 heterocycles. The highest BCUT2D eigenvalue weighted by molar-refractivity contribution is 7.91. The number of benzene rings is 1. The quantitative estimate of drug-likeness (QED) is 0.773.